The van der Waals surface area contributed by atoms with Crippen molar-refractivity contribution >= 4 is 17.9 Å². The van der Waals surface area contributed by atoms with Crippen LogP contribution in [0, 0.1) is 0 Å². The molecule has 6 heteroatoms. The van der Waals surface area contributed by atoms with Crippen molar-refractivity contribution in [2.45, 2.75) is 0 Å². The minimum absolute atomic E-state index is 0.271. The summed E-state index contributed by atoms with van der Waals surface area (Å²) in [4.78, 5) is 11.2. The molecule has 0 aromatic heterocycles. The molecule has 20 heavy (non-hydrogen) atoms. The van der Waals surface area contributed by atoms with Gasteiger partial charge in [0.2, 0.25) is 0 Å². The van der Waals surface area contributed by atoms with Crippen LogP contribution < -0.4 is 4.74 Å². The van der Waals surface area contributed by atoms with Crippen molar-refractivity contribution in [3.63, 3.8) is 0 Å². The largest absolute Gasteiger partial charge is 0.495 e. The van der Waals surface area contributed by atoms with Crippen molar-refractivity contribution in [3.05, 3.63) is 47.4 Å². The smallest absolute Gasteiger partial charge is 0.162 e. The molecular formula is C14H10ClN3O2. The fraction of sp³-hybridized carbons (Fsp3) is 0.0714. The monoisotopic (exact) mass is 287 g/mol. The molecule has 0 bridgehead atoms. The molecule has 1 aromatic rings. The summed E-state index contributed by atoms with van der Waals surface area (Å²) in [5.41, 5.74) is 2.35. The molecule has 2 heterocycles. The second-order valence-corrected chi connectivity index (χ2v) is 4.52. The van der Waals surface area contributed by atoms with Crippen LogP contribution in [0.25, 0.3) is 16.9 Å². The molecule has 0 amide bonds. The van der Waals surface area contributed by atoms with Crippen molar-refractivity contribution < 1.29 is 9.53 Å². The summed E-state index contributed by atoms with van der Waals surface area (Å²) < 4.78 is 7.10. The topological polar surface area (TPSA) is 57.0 Å². The molecule has 0 unspecified atom stereocenters. The lowest BCUT2D eigenvalue weighted by atomic mass is 10.1. The highest BCUT2D eigenvalue weighted by Crippen LogP contribution is 2.31. The minimum Gasteiger partial charge on any atom is -0.495 e. The number of carbonyl (C=O) groups excluding carboxylic acids is 1. The zero-order chi connectivity index (χ0) is 14.1. The zero-order valence-electron chi connectivity index (χ0n) is 10.6. The lowest BCUT2D eigenvalue weighted by Gasteiger charge is -2.13. The number of carbonyl (C=O) groups is 1. The van der Waals surface area contributed by atoms with Gasteiger partial charge < -0.3 is 9.30 Å². The first-order valence-electron chi connectivity index (χ1n) is 5.87. The van der Waals surface area contributed by atoms with Crippen molar-refractivity contribution in [1.82, 2.24) is 14.8 Å². The SMILES string of the molecule is COc1ccccc1-n1cc(C=O)c2nnc(Cl)c-2c1. The van der Waals surface area contributed by atoms with E-state index in [4.69, 9.17) is 16.3 Å². The van der Waals surface area contributed by atoms with Crippen molar-refractivity contribution in [2.24, 2.45) is 0 Å². The summed E-state index contributed by atoms with van der Waals surface area (Å²) in [5.74, 6) is 0.692. The molecular weight excluding hydrogens is 278 g/mol. The van der Waals surface area contributed by atoms with Crippen LogP contribution in [-0.4, -0.2) is 28.2 Å². The summed E-state index contributed by atoms with van der Waals surface area (Å²) in [7, 11) is 1.59. The number of benzene rings is 1. The number of methoxy groups -OCH3 is 1. The molecule has 0 atom stereocenters. The zero-order valence-corrected chi connectivity index (χ0v) is 11.3. The van der Waals surface area contributed by atoms with Crippen LogP contribution in [0.15, 0.2) is 36.7 Å². The maximum absolute atomic E-state index is 11.2. The van der Waals surface area contributed by atoms with Gasteiger partial charge in [0.05, 0.1) is 23.9 Å². The fourth-order valence-corrected chi connectivity index (χ4v) is 2.26. The number of pyridine rings is 1. The number of halogens is 1. The number of para-hydroxylation sites is 2. The predicted octanol–water partition coefficient (Wildman–Crippen LogP) is 2.85. The van der Waals surface area contributed by atoms with Gasteiger partial charge in [0.25, 0.3) is 0 Å². The summed E-state index contributed by atoms with van der Waals surface area (Å²) in [5, 5.41) is 7.97. The Balaban J connectivity index is 2.29. The second kappa shape index (κ2) is 4.94. The van der Waals surface area contributed by atoms with E-state index in [1.54, 1.807) is 24.1 Å². The van der Waals surface area contributed by atoms with Crippen LogP contribution in [0.2, 0.25) is 5.15 Å². The Morgan fingerprint density at radius 2 is 2.05 bits per heavy atom. The number of aldehydes is 1. The van der Waals surface area contributed by atoms with Crippen LogP contribution in [0.4, 0.5) is 0 Å². The molecule has 1 aromatic carbocycles. The van der Waals surface area contributed by atoms with Gasteiger partial charge >= 0.3 is 0 Å². The third-order valence-electron chi connectivity index (χ3n) is 3.03. The highest BCUT2D eigenvalue weighted by atomic mass is 35.5. The van der Waals surface area contributed by atoms with Crippen molar-refractivity contribution in [3.8, 4) is 22.7 Å². The van der Waals surface area contributed by atoms with Crippen molar-refractivity contribution in [1.29, 1.82) is 0 Å². The van der Waals surface area contributed by atoms with Crippen LogP contribution in [0.5, 0.6) is 5.75 Å². The summed E-state index contributed by atoms with van der Waals surface area (Å²) in [6.07, 6.45) is 4.19. The van der Waals surface area contributed by atoms with Crippen LogP contribution in [-0.2, 0) is 0 Å². The Bertz CT molecular complexity index is 754. The summed E-state index contributed by atoms with van der Waals surface area (Å²) in [6, 6.07) is 7.49. The predicted molar refractivity (Wildman–Crippen MR) is 74.9 cm³/mol. The first-order valence-corrected chi connectivity index (χ1v) is 6.25. The Morgan fingerprint density at radius 1 is 1.25 bits per heavy atom. The molecule has 0 radical (unpaired) electrons. The molecule has 100 valence electrons. The van der Waals surface area contributed by atoms with Gasteiger partial charge in [-0.05, 0) is 12.1 Å². The third-order valence-corrected chi connectivity index (χ3v) is 3.30. The lowest BCUT2D eigenvalue weighted by molar-refractivity contribution is 0.112. The number of nitrogens with zero attached hydrogens (tertiary/aromatic N) is 3. The van der Waals surface area contributed by atoms with Crippen LogP contribution >= 0.6 is 11.6 Å². The van der Waals surface area contributed by atoms with E-state index < -0.39 is 0 Å². The summed E-state index contributed by atoms with van der Waals surface area (Å²) in [6.45, 7) is 0. The van der Waals surface area contributed by atoms with E-state index in [2.05, 4.69) is 10.2 Å². The highest BCUT2D eigenvalue weighted by Gasteiger charge is 2.18. The molecule has 0 aliphatic carbocycles. The molecule has 5 nitrogen and oxygen atoms in total. The number of aromatic nitrogens is 3. The van der Waals surface area contributed by atoms with E-state index in [1.807, 2.05) is 24.3 Å². The van der Waals surface area contributed by atoms with Crippen LogP contribution in [0.3, 0.4) is 0 Å². The lowest BCUT2D eigenvalue weighted by Crippen LogP contribution is -2.02. The second-order valence-electron chi connectivity index (χ2n) is 4.16. The standard InChI is InChI=1S/C14H10ClN3O2/c1-20-12-5-3-2-4-11(12)18-6-9(8-19)13-10(7-18)14(15)17-16-13/h2-8H,1H3. The maximum Gasteiger partial charge on any atom is 0.162 e. The quantitative estimate of drug-likeness (QED) is 0.695. The first kappa shape index (κ1) is 12.6. The molecule has 0 saturated carbocycles. The van der Waals surface area contributed by atoms with E-state index in [-0.39, 0.29) is 5.15 Å². The van der Waals surface area contributed by atoms with Gasteiger partial charge in [-0.25, -0.2) is 0 Å². The van der Waals surface area contributed by atoms with Crippen molar-refractivity contribution in [2.75, 3.05) is 7.11 Å². The highest BCUT2D eigenvalue weighted by molar-refractivity contribution is 6.32. The van der Waals surface area contributed by atoms with Gasteiger partial charge in [-0.15, -0.1) is 10.2 Å². The van der Waals surface area contributed by atoms with E-state index in [0.717, 1.165) is 12.0 Å². The average molecular weight is 288 g/mol. The summed E-state index contributed by atoms with van der Waals surface area (Å²) >= 11 is 6.00. The molecule has 2 aliphatic heterocycles. The third kappa shape index (κ3) is 1.92. The maximum atomic E-state index is 11.2. The number of ether oxygens (including phenoxy) is 1. The van der Waals surface area contributed by atoms with E-state index in [1.165, 1.54) is 0 Å². The molecule has 0 spiro atoms. The van der Waals surface area contributed by atoms with Gasteiger partial charge in [-0.3, -0.25) is 4.79 Å². The minimum atomic E-state index is 0.271. The number of fused-ring (bicyclic) bond motifs is 1. The number of rotatable bonds is 3. The molecule has 0 fully saturated rings. The van der Waals surface area contributed by atoms with Gasteiger partial charge in [0.15, 0.2) is 11.4 Å². The number of hydrogen-bond acceptors (Lipinski definition) is 4. The average Bonchev–Trinajstić information content (AvgIpc) is 2.88. The van der Waals surface area contributed by atoms with E-state index >= 15 is 0 Å². The number of hydrogen-bond donors (Lipinski definition) is 0. The van der Waals surface area contributed by atoms with Gasteiger partial charge in [-0.2, -0.15) is 0 Å². The Morgan fingerprint density at radius 3 is 2.80 bits per heavy atom. The molecule has 3 rings (SSSR count). The normalized spacial score (nSPS) is 10.7. The first-order chi connectivity index (χ1) is 9.74. The van der Waals surface area contributed by atoms with Crippen LogP contribution in [0.1, 0.15) is 10.4 Å². The fourth-order valence-electron chi connectivity index (χ4n) is 2.08. The van der Waals surface area contributed by atoms with Gasteiger partial charge in [0.1, 0.15) is 11.4 Å². The Kier molecular flexibility index (Phi) is 3.12. The molecule has 0 N–H and O–H groups in total. The molecule has 2 aliphatic rings. The van der Waals surface area contributed by atoms with Gasteiger partial charge in [0, 0.05) is 12.4 Å². The van der Waals surface area contributed by atoms with E-state index in [9.17, 15) is 4.79 Å². The van der Waals surface area contributed by atoms with E-state index in [0.29, 0.717) is 22.6 Å². The van der Waals surface area contributed by atoms with Gasteiger partial charge in [-0.1, -0.05) is 23.7 Å². The Labute approximate surface area is 120 Å². The molecule has 0 saturated heterocycles. The Hall–Kier alpha value is -2.40.